The predicted octanol–water partition coefficient (Wildman–Crippen LogP) is 3.04. The summed E-state index contributed by atoms with van der Waals surface area (Å²) >= 11 is 0. The molecular formula is C18H29N3O3. The van der Waals surface area contributed by atoms with Gasteiger partial charge in [-0.1, -0.05) is 12.1 Å². The largest absolute Gasteiger partial charge is 0.374 e. The first-order valence-electron chi connectivity index (χ1n) is 8.17. The highest BCUT2D eigenvalue weighted by Gasteiger charge is 2.19. The van der Waals surface area contributed by atoms with Crippen molar-refractivity contribution in [3.63, 3.8) is 0 Å². The fraction of sp³-hybridized carbons (Fsp3) is 0.556. The zero-order valence-electron chi connectivity index (χ0n) is 15.4. The lowest BCUT2D eigenvalue weighted by Gasteiger charge is -2.21. The van der Waals surface area contributed by atoms with Crippen molar-refractivity contribution in [2.45, 2.75) is 65.8 Å². The van der Waals surface area contributed by atoms with Crippen LogP contribution in [0.1, 0.15) is 47.1 Å². The highest BCUT2D eigenvalue weighted by atomic mass is 16.5. The van der Waals surface area contributed by atoms with Crippen molar-refractivity contribution in [2.75, 3.05) is 5.32 Å². The Morgan fingerprint density at radius 1 is 1.17 bits per heavy atom. The average molecular weight is 335 g/mol. The van der Waals surface area contributed by atoms with Gasteiger partial charge in [0, 0.05) is 11.2 Å². The quantitative estimate of drug-likeness (QED) is 0.746. The zero-order chi connectivity index (χ0) is 18.3. The number of nitrogens with one attached hydrogen (secondary N) is 3. The molecule has 0 fully saturated rings. The third-order valence-electron chi connectivity index (χ3n) is 3.01. The number of hydrogen-bond acceptors (Lipinski definition) is 4. The Kier molecular flexibility index (Phi) is 7.22. The van der Waals surface area contributed by atoms with Gasteiger partial charge in [-0.3, -0.25) is 10.1 Å². The summed E-state index contributed by atoms with van der Waals surface area (Å²) < 4.78 is 5.57. The van der Waals surface area contributed by atoms with Gasteiger partial charge in [0.2, 0.25) is 5.91 Å². The molecule has 0 radical (unpaired) electrons. The van der Waals surface area contributed by atoms with Crippen molar-refractivity contribution in [2.24, 2.45) is 0 Å². The highest BCUT2D eigenvalue weighted by Crippen LogP contribution is 2.13. The molecule has 6 heteroatoms. The van der Waals surface area contributed by atoms with Crippen molar-refractivity contribution in [3.8, 4) is 0 Å². The number of amides is 3. The molecule has 0 saturated heterocycles. The maximum absolute atomic E-state index is 12.1. The minimum absolute atomic E-state index is 0.160. The van der Waals surface area contributed by atoms with E-state index in [1.807, 2.05) is 58.9 Å². The zero-order valence-corrected chi connectivity index (χ0v) is 15.4. The molecule has 0 aliphatic rings. The highest BCUT2D eigenvalue weighted by molar-refractivity contribution is 5.98. The summed E-state index contributed by atoms with van der Waals surface area (Å²) in [5.41, 5.74) is 1.43. The molecule has 0 heterocycles. The van der Waals surface area contributed by atoms with Crippen LogP contribution >= 0.6 is 0 Å². The van der Waals surface area contributed by atoms with Gasteiger partial charge in [0.05, 0.1) is 12.7 Å². The van der Waals surface area contributed by atoms with Crippen LogP contribution in [0, 0.1) is 0 Å². The predicted molar refractivity (Wildman–Crippen MR) is 95.9 cm³/mol. The standard InChI is InChI=1S/C18H29N3O3/c1-12(2)24-11-14-8-7-9-15(10-14)19-13(3)16(22)20-17(23)21-18(4,5)6/h7-10,12-13,19H,11H2,1-6H3,(H2,20,21,22,23). The van der Waals surface area contributed by atoms with Gasteiger partial charge in [0.1, 0.15) is 6.04 Å². The molecule has 0 aromatic heterocycles. The lowest BCUT2D eigenvalue weighted by Crippen LogP contribution is -2.51. The molecule has 0 aliphatic heterocycles. The Morgan fingerprint density at radius 2 is 1.83 bits per heavy atom. The molecule has 3 N–H and O–H groups in total. The summed E-state index contributed by atoms with van der Waals surface area (Å²) in [6.45, 7) is 11.7. The Balaban J connectivity index is 2.57. The maximum atomic E-state index is 12.1. The summed E-state index contributed by atoms with van der Waals surface area (Å²) in [5.74, 6) is -0.388. The molecule has 0 aliphatic carbocycles. The van der Waals surface area contributed by atoms with Crippen molar-refractivity contribution < 1.29 is 14.3 Å². The third kappa shape index (κ3) is 7.97. The van der Waals surface area contributed by atoms with Gasteiger partial charge < -0.3 is 15.4 Å². The monoisotopic (exact) mass is 335 g/mol. The summed E-state index contributed by atoms with van der Waals surface area (Å²) in [7, 11) is 0. The normalized spacial score (nSPS) is 12.6. The molecule has 6 nitrogen and oxygen atoms in total. The summed E-state index contributed by atoms with van der Waals surface area (Å²) in [6.07, 6.45) is 0.160. The molecule has 1 aromatic rings. The first kappa shape index (κ1) is 20.0. The fourth-order valence-electron chi connectivity index (χ4n) is 1.92. The van der Waals surface area contributed by atoms with Crippen molar-refractivity contribution >= 4 is 17.6 Å². The molecule has 0 saturated carbocycles. The molecule has 3 amide bonds. The maximum Gasteiger partial charge on any atom is 0.321 e. The number of anilines is 1. The van der Waals surface area contributed by atoms with Crippen LogP contribution in [0.5, 0.6) is 0 Å². The number of benzene rings is 1. The Morgan fingerprint density at radius 3 is 2.42 bits per heavy atom. The second-order valence-corrected chi connectivity index (χ2v) is 7.12. The van der Waals surface area contributed by atoms with E-state index in [0.717, 1.165) is 11.3 Å². The molecule has 1 atom stereocenters. The number of hydrogen-bond donors (Lipinski definition) is 3. The van der Waals surface area contributed by atoms with Crippen LogP contribution in [0.3, 0.4) is 0 Å². The Bertz CT molecular complexity index is 565. The average Bonchev–Trinajstić information content (AvgIpc) is 2.43. The fourth-order valence-corrected chi connectivity index (χ4v) is 1.92. The smallest absolute Gasteiger partial charge is 0.321 e. The van der Waals surface area contributed by atoms with E-state index in [1.54, 1.807) is 6.92 Å². The minimum atomic E-state index is -0.544. The van der Waals surface area contributed by atoms with Crippen LogP contribution in [0.4, 0.5) is 10.5 Å². The third-order valence-corrected chi connectivity index (χ3v) is 3.01. The number of ether oxygens (including phenoxy) is 1. The number of carbonyl (C=O) groups excluding carboxylic acids is 2. The van der Waals surface area contributed by atoms with E-state index in [2.05, 4.69) is 16.0 Å². The van der Waals surface area contributed by atoms with Gasteiger partial charge in [0.25, 0.3) is 0 Å². The minimum Gasteiger partial charge on any atom is -0.374 e. The number of urea groups is 1. The molecule has 0 bridgehead atoms. The van der Waals surface area contributed by atoms with Gasteiger partial charge in [-0.05, 0) is 59.2 Å². The number of carbonyl (C=O) groups is 2. The summed E-state index contributed by atoms with van der Waals surface area (Å²) in [4.78, 5) is 23.8. The van der Waals surface area contributed by atoms with E-state index in [4.69, 9.17) is 4.74 Å². The SMILES string of the molecule is CC(C)OCc1cccc(NC(C)C(=O)NC(=O)NC(C)(C)C)c1. The van der Waals surface area contributed by atoms with Gasteiger partial charge in [-0.15, -0.1) is 0 Å². The first-order chi connectivity index (χ1) is 11.1. The molecular weight excluding hydrogens is 306 g/mol. The van der Waals surface area contributed by atoms with Gasteiger partial charge in [-0.2, -0.15) is 0 Å². The van der Waals surface area contributed by atoms with E-state index >= 15 is 0 Å². The first-order valence-corrected chi connectivity index (χ1v) is 8.17. The lowest BCUT2D eigenvalue weighted by atomic mass is 10.1. The second kappa shape index (κ2) is 8.68. The van der Waals surface area contributed by atoms with Crippen molar-refractivity contribution in [1.82, 2.24) is 10.6 Å². The van der Waals surface area contributed by atoms with E-state index in [-0.39, 0.29) is 12.0 Å². The van der Waals surface area contributed by atoms with Crippen LogP contribution < -0.4 is 16.0 Å². The van der Waals surface area contributed by atoms with Gasteiger partial charge >= 0.3 is 6.03 Å². The molecule has 134 valence electrons. The lowest BCUT2D eigenvalue weighted by molar-refractivity contribution is -0.120. The second-order valence-electron chi connectivity index (χ2n) is 7.12. The van der Waals surface area contributed by atoms with Gasteiger partial charge in [-0.25, -0.2) is 4.79 Å². The van der Waals surface area contributed by atoms with E-state index in [0.29, 0.717) is 6.61 Å². The summed E-state index contributed by atoms with van der Waals surface area (Å²) in [5, 5.41) is 8.12. The van der Waals surface area contributed by atoms with Crippen LogP contribution in [0.2, 0.25) is 0 Å². The van der Waals surface area contributed by atoms with Crippen LogP contribution in [0.15, 0.2) is 24.3 Å². The number of rotatable bonds is 6. The molecule has 24 heavy (non-hydrogen) atoms. The van der Waals surface area contributed by atoms with Crippen LogP contribution in [-0.2, 0) is 16.1 Å². The van der Waals surface area contributed by atoms with E-state index < -0.39 is 17.6 Å². The molecule has 1 aromatic carbocycles. The van der Waals surface area contributed by atoms with Crippen LogP contribution in [0.25, 0.3) is 0 Å². The van der Waals surface area contributed by atoms with Gasteiger partial charge in [0.15, 0.2) is 0 Å². The van der Waals surface area contributed by atoms with Crippen LogP contribution in [-0.4, -0.2) is 29.6 Å². The Labute approximate surface area is 144 Å². The Hall–Kier alpha value is -2.08. The number of imide groups is 1. The van der Waals surface area contributed by atoms with E-state index in [9.17, 15) is 9.59 Å². The van der Waals surface area contributed by atoms with Crippen molar-refractivity contribution in [3.05, 3.63) is 29.8 Å². The molecule has 0 spiro atoms. The molecule has 1 unspecified atom stereocenters. The topological polar surface area (TPSA) is 79.5 Å². The summed E-state index contributed by atoms with van der Waals surface area (Å²) in [6, 6.07) is 6.63. The molecule has 1 rings (SSSR count). The van der Waals surface area contributed by atoms with E-state index in [1.165, 1.54) is 0 Å². The van der Waals surface area contributed by atoms with Crippen molar-refractivity contribution in [1.29, 1.82) is 0 Å².